The van der Waals surface area contributed by atoms with Crippen LogP contribution in [0.4, 0.5) is 0 Å². The predicted molar refractivity (Wildman–Crippen MR) is 77.9 cm³/mol. The van der Waals surface area contributed by atoms with Crippen LogP contribution in [0, 0.1) is 0 Å². The van der Waals surface area contributed by atoms with Gasteiger partial charge < -0.3 is 9.64 Å². The average Bonchev–Trinajstić information content (AvgIpc) is 2.78. The number of rotatable bonds is 2. The van der Waals surface area contributed by atoms with Gasteiger partial charge in [-0.3, -0.25) is 14.2 Å². The van der Waals surface area contributed by atoms with Crippen LogP contribution in [-0.2, 0) is 23.1 Å². The van der Waals surface area contributed by atoms with Crippen molar-refractivity contribution >= 4 is 32.9 Å². The van der Waals surface area contributed by atoms with E-state index in [0.717, 1.165) is 0 Å². The number of aryl methyl sites for hydroxylation is 1. The van der Waals surface area contributed by atoms with Gasteiger partial charge in [0.1, 0.15) is 22.9 Å². The van der Waals surface area contributed by atoms with Crippen LogP contribution in [0.1, 0.15) is 0 Å². The molecule has 2 aromatic rings. The number of morpholine rings is 1. The highest BCUT2D eigenvalue weighted by atomic mass is 79.9. The molecule has 1 fully saturated rings. The minimum Gasteiger partial charge on any atom is -0.378 e. The first-order valence-corrected chi connectivity index (χ1v) is 7.30. The summed E-state index contributed by atoms with van der Waals surface area (Å²) in [5.41, 5.74) is 0.212. The standard InChI is InChI=1S/C12H14BrN5O3/c1-16-11-9(10(13)15-16)12(20)18(7-14-11)6-8(19)17-2-4-21-5-3-17/h7H,2-6H2,1H3. The maximum Gasteiger partial charge on any atom is 0.266 e. The molecule has 0 bridgehead atoms. The van der Waals surface area contributed by atoms with Crippen LogP contribution in [0.5, 0.6) is 0 Å². The van der Waals surface area contributed by atoms with Gasteiger partial charge in [-0.1, -0.05) is 0 Å². The molecule has 3 heterocycles. The van der Waals surface area contributed by atoms with Crippen molar-refractivity contribution in [2.24, 2.45) is 7.05 Å². The second-order valence-electron chi connectivity index (χ2n) is 4.78. The van der Waals surface area contributed by atoms with Gasteiger partial charge in [0.05, 0.1) is 13.2 Å². The van der Waals surface area contributed by atoms with Gasteiger partial charge in [0.25, 0.3) is 5.56 Å². The summed E-state index contributed by atoms with van der Waals surface area (Å²) in [6, 6.07) is 0. The first-order chi connectivity index (χ1) is 10.1. The fourth-order valence-corrected chi connectivity index (χ4v) is 2.89. The molecule has 8 nitrogen and oxygen atoms in total. The van der Waals surface area contributed by atoms with Crippen LogP contribution < -0.4 is 5.56 Å². The van der Waals surface area contributed by atoms with Crippen molar-refractivity contribution in [3.8, 4) is 0 Å². The zero-order valence-electron chi connectivity index (χ0n) is 11.5. The van der Waals surface area contributed by atoms with Gasteiger partial charge in [0.15, 0.2) is 5.65 Å². The number of fused-ring (bicyclic) bond motifs is 1. The number of halogens is 1. The monoisotopic (exact) mass is 355 g/mol. The third kappa shape index (κ3) is 2.58. The quantitative estimate of drug-likeness (QED) is 0.741. The van der Waals surface area contributed by atoms with E-state index in [1.807, 2.05) is 0 Å². The Labute approximate surface area is 128 Å². The molecule has 0 unspecified atom stereocenters. The van der Waals surface area contributed by atoms with Crippen molar-refractivity contribution in [1.82, 2.24) is 24.2 Å². The molecule has 0 N–H and O–H groups in total. The molecule has 1 aliphatic rings. The maximum absolute atomic E-state index is 12.4. The zero-order chi connectivity index (χ0) is 15.0. The molecule has 0 atom stereocenters. The number of aromatic nitrogens is 4. The minimum atomic E-state index is -0.276. The summed E-state index contributed by atoms with van der Waals surface area (Å²) in [7, 11) is 1.71. The van der Waals surface area contributed by atoms with Crippen molar-refractivity contribution in [3.05, 3.63) is 21.3 Å². The predicted octanol–water partition coefficient (Wildman–Crippen LogP) is -0.249. The second kappa shape index (κ2) is 5.57. The Hall–Kier alpha value is -1.74. The van der Waals surface area contributed by atoms with E-state index in [0.29, 0.717) is 41.9 Å². The summed E-state index contributed by atoms with van der Waals surface area (Å²) >= 11 is 3.25. The van der Waals surface area contributed by atoms with E-state index in [1.54, 1.807) is 11.9 Å². The molecule has 0 spiro atoms. The van der Waals surface area contributed by atoms with Crippen molar-refractivity contribution in [1.29, 1.82) is 0 Å². The van der Waals surface area contributed by atoms with Crippen molar-refractivity contribution in [3.63, 3.8) is 0 Å². The molecule has 0 radical (unpaired) electrons. The fraction of sp³-hybridized carbons (Fsp3) is 0.500. The Morgan fingerprint density at radius 1 is 1.43 bits per heavy atom. The van der Waals surface area contributed by atoms with E-state index in [9.17, 15) is 9.59 Å². The van der Waals surface area contributed by atoms with E-state index in [4.69, 9.17) is 4.74 Å². The number of carbonyl (C=O) groups is 1. The lowest BCUT2D eigenvalue weighted by Gasteiger charge is -2.26. The number of amides is 1. The Bertz CT molecular complexity index is 747. The molecule has 1 aliphatic heterocycles. The largest absolute Gasteiger partial charge is 0.378 e. The van der Waals surface area contributed by atoms with Gasteiger partial charge in [-0.2, -0.15) is 5.10 Å². The molecule has 0 saturated carbocycles. The number of carbonyl (C=O) groups excluding carboxylic acids is 1. The highest BCUT2D eigenvalue weighted by Gasteiger charge is 2.19. The zero-order valence-corrected chi connectivity index (χ0v) is 13.0. The minimum absolute atomic E-state index is 0.0247. The van der Waals surface area contributed by atoms with Gasteiger partial charge in [0, 0.05) is 20.1 Å². The average molecular weight is 356 g/mol. The van der Waals surface area contributed by atoms with Gasteiger partial charge in [-0.15, -0.1) is 0 Å². The maximum atomic E-state index is 12.4. The highest BCUT2D eigenvalue weighted by Crippen LogP contribution is 2.16. The summed E-state index contributed by atoms with van der Waals surface area (Å²) in [6.45, 7) is 2.15. The SMILES string of the molecule is Cn1nc(Br)c2c(=O)n(CC(=O)N3CCOCC3)cnc21. The second-order valence-corrected chi connectivity index (χ2v) is 5.53. The van der Waals surface area contributed by atoms with Crippen LogP contribution in [-0.4, -0.2) is 56.4 Å². The summed E-state index contributed by atoms with van der Waals surface area (Å²) in [4.78, 5) is 30.5. The van der Waals surface area contributed by atoms with Crippen LogP contribution in [0.25, 0.3) is 11.0 Å². The topological polar surface area (TPSA) is 82.2 Å². The third-order valence-electron chi connectivity index (χ3n) is 3.44. The first kappa shape index (κ1) is 14.2. The molecule has 2 aromatic heterocycles. The third-order valence-corrected chi connectivity index (χ3v) is 3.99. The van der Waals surface area contributed by atoms with Crippen LogP contribution >= 0.6 is 15.9 Å². The van der Waals surface area contributed by atoms with Gasteiger partial charge >= 0.3 is 0 Å². The van der Waals surface area contributed by atoms with Gasteiger partial charge in [-0.25, -0.2) is 9.67 Å². The van der Waals surface area contributed by atoms with Crippen LogP contribution in [0.15, 0.2) is 15.7 Å². The highest BCUT2D eigenvalue weighted by molar-refractivity contribution is 9.10. The molecular formula is C12H14BrN5O3. The van der Waals surface area contributed by atoms with E-state index < -0.39 is 0 Å². The van der Waals surface area contributed by atoms with Crippen LogP contribution in [0.2, 0.25) is 0 Å². The number of nitrogens with zero attached hydrogens (tertiary/aromatic N) is 5. The molecule has 1 amide bonds. The van der Waals surface area contributed by atoms with Gasteiger partial charge in [-0.05, 0) is 15.9 Å². The molecule has 3 rings (SSSR count). The van der Waals surface area contributed by atoms with Crippen LogP contribution in [0.3, 0.4) is 0 Å². The molecule has 112 valence electrons. The Balaban J connectivity index is 1.90. The Morgan fingerprint density at radius 3 is 2.86 bits per heavy atom. The molecular weight excluding hydrogens is 342 g/mol. The molecule has 0 aromatic carbocycles. The lowest BCUT2D eigenvalue weighted by Crippen LogP contribution is -2.43. The summed E-state index contributed by atoms with van der Waals surface area (Å²) in [6.07, 6.45) is 1.39. The lowest BCUT2D eigenvalue weighted by molar-refractivity contribution is -0.135. The molecule has 9 heteroatoms. The normalized spacial score (nSPS) is 15.6. The number of hydrogen-bond donors (Lipinski definition) is 0. The van der Waals surface area contributed by atoms with E-state index in [1.165, 1.54) is 15.6 Å². The molecule has 0 aliphatic carbocycles. The van der Waals surface area contributed by atoms with Gasteiger partial charge in [0.2, 0.25) is 5.91 Å². The summed E-state index contributed by atoms with van der Waals surface area (Å²) < 4.78 is 8.48. The van der Waals surface area contributed by atoms with Crippen molar-refractivity contribution < 1.29 is 9.53 Å². The first-order valence-electron chi connectivity index (χ1n) is 6.51. The molecule has 1 saturated heterocycles. The number of hydrogen-bond acceptors (Lipinski definition) is 5. The van der Waals surface area contributed by atoms with E-state index in [2.05, 4.69) is 26.0 Å². The van der Waals surface area contributed by atoms with Crippen molar-refractivity contribution in [2.75, 3.05) is 26.3 Å². The lowest BCUT2D eigenvalue weighted by atomic mass is 10.3. The number of ether oxygens (including phenoxy) is 1. The Morgan fingerprint density at radius 2 is 2.14 bits per heavy atom. The smallest absolute Gasteiger partial charge is 0.266 e. The summed E-state index contributed by atoms with van der Waals surface area (Å²) in [5, 5.41) is 4.49. The Kier molecular flexibility index (Phi) is 3.77. The van der Waals surface area contributed by atoms with Crippen molar-refractivity contribution in [2.45, 2.75) is 6.54 Å². The van der Waals surface area contributed by atoms with E-state index in [-0.39, 0.29) is 18.0 Å². The van der Waals surface area contributed by atoms with E-state index >= 15 is 0 Å². The summed E-state index contributed by atoms with van der Waals surface area (Å²) in [5.74, 6) is -0.110. The fourth-order valence-electron chi connectivity index (χ4n) is 2.31. The molecule has 21 heavy (non-hydrogen) atoms.